The molecule has 0 fully saturated rings. The van der Waals surface area contributed by atoms with Gasteiger partial charge in [-0.3, -0.25) is 4.79 Å². The Labute approximate surface area is 114 Å². The topological polar surface area (TPSA) is 66.0 Å². The fraction of sp³-hybridized carbons (Fsp3) is 0. The molecule has 0 amide bonds. The van der Waals surface area contributed by atoms with Crippen molar-refractivity contribution in [1.82, 2.24) is 9.97 Å². The van der Waals surface area contributed by atoms with Gasteiger partial charge in [-0.2, -0.15) is 4.98 Å². The second-order valence-electron chi connectivity index (χ2n) is 3.15. The highest BCUT2D eigenvalue weighted by atomic mass is 127. The van der Waals surface area contributed by atoms with E-state index in [9.17, 15) is 14.3 Å². The van der Waals surface area contributed by atoms with Crippen LogP contribution in [0.2, 0.25) is 5.02 Å². The molecule has 1 aromatic heterocycles. The van der Waals surface area contributed by atoms with Crippen molar-refractivity contribution in [1.29, 1.82) is 0 Å². The van der Waals surface area contributed by atoms with E-state index in [1.807, 2.05) is 0 Å². The highest BCUT2D eigenvalue weighted by molar-refractivity contribution is 14.1. The van der Waals surface area contributed by atoms with Crippen LogP contribution < -0.4 is 5.56 Å². The van der Waals surface area contributed by atoms with Crippen LogP contribution in [0.25, 0.3) is 11.4 Å². The molecule has 0 bridgehead atoms. The Hall–Kier alpha value is -1.15. The summed E-state index contributed by atoms with van der Waals surface area (Å²) in [6.45, 7) is 0. The molecule has 4 nitrogen and oxygen atoms in total. The molecule has 0 radical (unpaired) electrons. The number of benzene rings is 1. The van der Waals surface area contributed by atoms with Gasteiger partial charge in [-0.15, -0.1) is 0 Å². The van der Waals surface area contributed by atoms with Crippen LogP contribution in [0.3, 0.4) is 0 Å². The Balaban J connectivity index is 2.70. The third-order valence-corrected chi connectivity index (χ3v) is 3.32. The molecule has 2 rings (SSSR count). The first-order valence-corrected chi connectivity index (χ1v) is 5.89. The minimum absolute atomic E-state index is 0.0290. The summed E-state index contributed by atoms with van der Waals surface area (Å²) in [4.78, 5) is 17.5. The smallest absolute Gasteiger partial charge is 0.268 e. The van der Waals surface area contributed by atoms with Gasteiger partial charge < -0.3 is 10.1 Å². The molecule has 7 heteroatoms. The van der Waals surface area contributed by atoms with Gasteiger partial charge >= 0.3 is 0 Å². The van der Waals surface area contributed by atoms with Gasteiger partial charge in [0.15, 0.2) is 5.82 Å². The largest absolute Gasteiger partial charge is 0.492 e. The van der Waals surface area contributed by atoms with Gasteiger partial charge in [-0.1, -0.05) is 17.7 Å². The quantitative estimate of drug-likeness (QED) is 0.762. The summed E-state index contributed by atoms with van der Waals surface area (Å²) in [6.07, 6.45) is 0. The third-order valence-electron chi connectivity index (χ3n) is 2.05. The van der Waals surface area contributed by atoms with Crippen LogP contribution in [0.1, 0.15) is 0 Å². The van der Waals surface area contributed by atoms with E-state index in [1.165, 1.54) is 18.2 Å². The lowest BCUT2D eigenvalue weighted by molar-refractivity contribution is 0.447. The Bertz CT molecular complexity index is 645. The van der Waals surface area contributed by atoms with E-state index in [4.69, 9.17) is 11.6 Å². The number of aromatic nitrogens is 2. The molecular formula is C10H5ClFIN2O2. The fourth-order valence-corrected chi connectivity index (χ4v) is 1.69. The molecule has 0 saturated heterocycles. The first-order valence-electron chi connectivity index (χ1n) is 4.44. The van der Waals surface area contributed by atoms with Crippen LogP contribution >= 0.6 is 34.2 Å². The molecule has 2 aromatic rings. The van der Waals surface area contributed by atoms with Crippen molar-refractivity contribution < 1.29 is 9.50 Å². The zero-order valence-electron chi connectivity index (χ0n) is 8.17. The maximum absolute atomic E-state index is 13.7. The van der Waals surface area contributed by atoms with Crippen LogP contribution in [0.4, 0.5) is 4.39 Å². The van der Waals surface area contributed by atoms with Crippen LogP contribution in [-0.2, 0) is 0 Å². The number of aromatic amines is 1. The van der Waals surface area contributed by atoms with Gasteiger partial charge in [0.1, 0.15) is 9.39 Å². The Morgan fingerprint density at radius 2 is 2.18 bits per heavy atom. The average molecular weight is 367 g/mol. The second kappa shape index (κ2) is 4.61. The predicted molar refractivity (Wildman–Crippen MR) is 69.6 cm³/mol. The molecule has 0 unspecified atom stereocenters. The third kappa shape index (κ3) is 2.27. The predicted octanol–water partition coefficient (Wildman–Crippen LogP) is 2.54. The fourth-order valence-electron chi connectivity index (χ4n) is 1.26. The molecule has 1 aromatic carbocycles. The van der Waals surface area contributed by atoms with Crippen LogP contribution in [-0.4, -0.2) is 15.1 Å². The Morgan fingerprint density at radius 3 is 2.82 bits per heavy atom. The number of hydrogen-bond donors (Lipinski definition) is 2. The van der Waals surface area contributed by atoms with Crippen molar-refractivity contribution in [2.24, 2.45) is 0 Å². The standard InChI is InChI=1S/C10H5ClFIN2O2/c11-5-3-1-2-4(6(5)12)8-14-9(16)7(13)10(17)15-8/h1-3H,(H2,14,15,16,17). The molecule has 17 heavy (non-hydrogen) atoms. The van der Waals surface area contributed by atoms with Crippen molar-refractivity contribution in [3.63, 3.8) is 0 Å². The van der Waals surface area contributed by atoms with Gasteiger partial charge in [0.2, 0.25) is 5.88 Å². The highest BCUT2D eigenvalue weighted by Crippen LogP contribution is 2.25. The van der Waals surface area contributed by atoms with E-state index in [0.717, 1.165) is 0 Å². The molecule has 0 aliphatic carbocycles. The van der Waals surface area contributed by atoms with Gasteiger partial charge in [-0.05, 0) is 34.7 Å². The van der Waals surface area contributed by atoms with Crippen LogP contribution in [0.15, 0.2) is 23.0 Å². The molecule has 0 spiro atoms. The molecule has 88 valence electrons. The maximum atomic E-state index is 13.7. The van der Waals surface area contributed by atoms with Crippen LogP contribution in [0.5, 0.6) is 5.88 Å². The van der Waals surface area contributed by atoms with E-state index in [2.05, 4.69) is 9.97 Å². The number of aromatic hydroxyl groups is 1. The van der Waals surface area contributed by atoms with Crippen LogP contribution in [0, 0.1) is 9.39 Å². The number of nitrogens with one attached hydrogen (secondary N) is 1. The summed E-state index contributed by atoms with van der Waals surface area (Å²) in [5.41, 5.74) is -0.506. The lowest BCUT2D eigenvalue weighted by Gasteiger charge is -2.04. The number of H-pyrrole nitrogens is 1. The van der Waals surface area contributed by atoms with Crippen molar-refractivity contribution in [3.05, 3.63) is 43.0 Å². The highest BCUT2D eigenvalue weighted by Gasteiger charge is 2.14. The number of halogens is 3. The van der Waals surface area contributed by atoms with Gasteiger partial charge in [0.25, 0.3) is 5.56 Å². The molecule has 2 N–H and O–H groups in total. The summed E-state index contributed by atoms with van der Waals surface area (Å²) < 4.78 is 13.7. The lowest BCUT2D eigenvalue weighted by Crippen LogP contribution is -2.12. The normalized spacial score (nSPS) is 10.5. The van der Waals surface area contributed by atoms with E-state index in [-0.39, 0.29) is 20.0 Å². The number of hydrogen-bond acceptors (Lipinski definition) is 3. The zero-order chi connectivity index (χ0) is 12.6. The average Bonchev–Trinajstić information content (AvgIpc) is 2.29. The van der Waals surface area contributed by atoms with E-state index >= 15 is 0 Å². The summed E-state index contributed by atoms with van der Waals surface area (Å²) >= 11 is 7.26. The summed E-state index contributed by atoms with van der Waals surface area (Å²) in [7, 11) is 0. The molecule has 0 aliphatic heterocycles. The molecule has 0 aliphatic rings. The minimum atomic E-state index is -0.696. The van der Waals surface area contributed by atoms with E-state index in [0.29, 0.717) is 0 Å². The second-order valence-corrected chi connectivity index (χ2v) is 4.64. The monoisotopic (exact) mass is 366 g/mol. The van der Waals surface area contributed by atoms with Crippen molar-refractivity contribution in [2.45, 2.75) is 0 Å². The number of rotatable bonds is 1. The van der Waals surface area contributed by atoms with E-state index in [1.54, 1.807) is 22.6 Å². The Kier molecular flexibility index (Phi) is 3.34. The SMILES string of the molecule is O=c1[nH]c(-c2cccc(Cl)c2F)nc(O)c1I. The first-order chi connectivity index (χ1) is 8.00. The van der Waals surface area contributed by atoms with Gasteiger partial charge in [0, 0.05) is 0 Å². The molecular weight excluding hydrogens is 361 g/mol. The zero-order valence-corrected chi connectivity index (χ0v) is 11.1. The van der Waals surface area contributed by atoms with Crippen molar-refractivity contribution in [3.8, 4) is 17.3 Å². The first kappa shape index (κ1) is 12.3. The van der Waals surface area contributed by atoms with Gasteiger partial charge in [0.05, 0.1) is 10.6 Å². The molecule has 1 heterocycles. The Morgan fingerprint density at radius 1 is 1.47 bits per heavy atom. The summed E-state index contributed by atoms with van der Waals surface area (Å²) in [5, 5.41) is 9.33. The van der Waals surface area contributed by atoms with E-state index < -0.39 is 17.3 Å². The van der Waals surface area contributed by atoms with Crippen molar-refractivity contribution >= 4 is 34.2 Å². The summed E-state index contributed by atoms with van der Waals surface area (Å²) in [5.74, 6) is -1.20. The van der Waals surface area contributed by atoms with Crippen molar-refractivity contribution in [2.75, 3.05) is 0 Å². The summed E-state index contributed by atoms with van der Waals surface area (Å²) in [6, 6.07) is 4.31. The van der Waals surface area contributed by atoms with Gasteiger partial charge in [-0.25, -0.2) is 4.39 Å². The molecule has 0 saturated carbocycles. The molecule has 0 atom stereocenters. The minimum Gasteiger partial charge on any atom is -0.492 e. The maximum Gasteiger partial charge on any atom is 0.268 e. The lowest BCUT2D eigenvalue weighted by atomic mass is 10.2. The number of nitrogens with zero attached hydrogens (tertiary/aromatic N) is 1.